The number of carbonyl (C=O) groups excluding carboxylic acids is 1. The highest BCUT2D eigenvalue weighted by molar-refractivity contribution is 5.80. The summed E-state index contributed by atoms with van der Waals surface area (Å²) in [6.45, 7) is 7.16. The topological polar surface area (TPSA) is 54.0 Å². The summed E-state index contributed by atoms with van der Waals surface area (Å²) in [5.74, 6) is 0.615. The van der Waals surface area contributed by atoms with E-state index in [9.17, 15) is 4.79 Å². The fraction of sp³-hybridized carbons (Fsp3) is 0.111. The fourth-order valence-corrected chi connectivity index (χ4v) is 2.11. The molecule has 4 nitrogen and oxygen atoms in total. The van der Waals surface area contributed by atoms with Crippen molar-refractivity contribution in [1.29, 1.82) is 0 Å². The number of nitrogens with zero attached hydrogens (tertiary/aromatic N) is 1. The van der Waals surface area contributed by atoms with E-state index in [0.29, 0.717) is 5.82 Å². The minimum atomic E-state index is -0.102. The molecule has 0 saturated heterocycles. The molecule has 112 valence electrons. The van der Waals surface area contributed by atoms with Crippen LogP contribution in [0.15, 0.2) is 54.9 Å². The van der Waals surface area contributed by atoms with Crippen LogP contribution in [0.25, 0.3) is 12.2 Å². The number of pyridine rings is 1. The Morgan fingerprint density at radius 2 is 1.91 bits per heavy atom. The van der Waals surface area contributed by atoms with Crippen LogP contribution in [-0.2, 0) is 4.79 Å². The van der Waals surface area contributed by atoms with Gasteiger partial charge in [-0.2, -0.15) is 0 Å². The molecular formula is C18H19N3O. The predicted molar refractivity (Wildman–Crippen MR) is 91.5 cm³/mol. The molecular weight excluding hydrogens is 274 g/mol. The first-order valence-corrected chi connectivity index (χ1v) is 6.99. The summed E-state index contributed by atoms with van der Waals surface area (Å²) in [6, 6.07) is 11.7. The Morgan fingerprint density at radius 1 is 1.18 bits per heavy atom. The number of benzene rings is 1. The number of aromatic nitrogens is 1. The summed E-state index contributed by atoms with van der Waals surface area (Å²) in [4.78, 5) is 15.6. The summed E-state index contributed by atoms with van der Waals surface area (Å²) < 4.78 is 0. The molecule has 0 fully saturated rings. The van der Waals surface area contributed by atoms with Gasteiger partial charge in [0.05, 0.1) is 0 Å². The third-order valence-electron chi connectivity index (χ3n) is 3.01. The van der Waals surface area contributed by atoms with E-state index in [2.05, 4.69) is 22.2 Å². The van der Waals surface area contributed by atoms with Crippen molar-refractivity contribution in [2.24, 2.45) is 0 Å². The monoisotopic (exact) mass is 293 g/mol. The number of amides is 1. The standard InChI is InChI=1S/C18H19N3O/c1-4-15-10-11-19-18(21-16-8-6-5-7-9-16)17(15)12-13(2)20-14(3)22/h4-12H,1H2,2-3H3,(H,19,21)(H,20,22)/b13-12+. The van der Waals surface area contributed by atoms with E-state index in [4.69, 9.17) is 0 Å². The van der Waals surface area contributed by atoms with Crippen LogP contribution >= 0.6 is 0 Å². The summed E-state index contributed by atoms with van der Waals surface area (Å²) in [6.07, 6.45) is 5.38. The molecule has 1 heterocycles. The third kappa shape index (κ3) is 4.06. The predicted octanol–water partition coefficient (Wildman–Crippen LogP) is 3.97. The number of carbonyl (C=O) groups is 1. The van der Waals surface area contributed by atoms with Gasteiger partial charge in [0.1, 0.15) is 5.82 Å². The lowest BCUT2D eigenvalue weighted by Crippen LogP contribution is -2.17. The molecule has 0 bridgehead atoms. The van der Waals surface area contributed by atoms with E-state index >= 15 is 0 Å². The molecule has 0 radical (unpaired) electrons. The lowest BCUT2D eigenvalue weighted by atomic mass is 10.1. The first-order chi connectivity index (χ1) is 10.6. The number of rotatable bonds is 5. The smallest absolute Gasteiger partial charge is 0.220 e. The van der Waals surface area contributed by atoms with E-state index in [0.717, 1.165) is 22.5 Å². The number of hydrogen-bond acceptors (Lipinski definition) is 3. The molecule has 2 rings (SSSR count). The third-order valence-corrected chi connectivity index (χ3v) is 3.01. The number of hydrogen-bond donors (Lipinski definition) is 2. The molecule has 1 aromatic carbocycles. The minimum absolute atomic E-state index is 0.102. The van der Waals surface area contributed by atoms with Crippen molar-refractivity contribution in [2.75, 3.05) is 5.32 Å². The maximum atomic E-state index is 11.2. The highest BCUT2D eigenvalue weighted by atomic mass is 16.1. The van der Waals surface area contributed by atoms with Crippen LogP contribution in [0.4, 0.5) is 11.5 Å². The van der Waals surface area contributed by atoms with Crippen LogP contribution in [0.3, 0.4) is 0 Å². The fourth-order valence-electron chi connectivity index (χ4n) is 2.11. The lowest BCUT2D eigenvalue weighted by Gasteiger charge is -2.12. The Balaban J connectivity index is 2.41. The molecule has 2 aromatic rings. The summed E-state index contributed by atoms with van der Waals surface area (Å²) in [5.41, 5.74) is 3.52. The van der Waals surface area contributed by atoms with Gasteiger partial charge in [0.25, 0.3) is 0 Å². The zero-order valence-electron chi connectivity index (χ0n) is 12.8. The highest BCUT2D eigenvalue weighted by Gasteiger charge is 2.07. The van der Waals surface area contributed by atoms with E-state index in [-0.39, 0.29) is 5.91 Å². The first kappa shape index (κ1) is 15.5. The summed E-state index contributed by atoms with van der Waals surface area (Å²) in [5, 5.41) is 6.06. The maximum absolute atomic E-state index is 11.2. The molecule has 0 spiro atoms. The van der Waals surface area contributed by atoms with Gasteiger partial charge in [-0.15, -0.1) is 0 Å². The van der Waals surface area contributed by atoms with Crippen molar-refractivity contribution in [1.82, 2.24) is 10.3 Å². The van der Waals surface area contributed by atoms with E-state index in [1.54, 1.807) is 12.3 Å². The zero-order valence-corrected chi connectivity index (χ0v) is 12.8. The average molecular weight is 293 g/mol. The lowest BCUT2D eigenvalue weighted by molar-refractivity contribution is -0.118. The zero-order chi connectivity index (χ0) is 15.9. The van der Waals surface area contributed by atoms with Crippen LogP contribution < -0.4 is 10.6 Å². The van der Waals surface area contributed by atoms with E-state index < -0.39 is 0 Å². The second-order valence-corrected chi connectivity index (χ2v) is 4.87. The molecule has 0 saturated carbocycles. The number of nitrogens with one attached hydrogen (secondary N) is 2. The molecule has 0 aliphatic carbocycles. The molecule has 4 heteroatoms. The van der Waals surface area contributed by atoms with Gasteiger partial charge < -0.3 is 10.6 Å². The van der Waals surface area contributed by atoms with Crippen molar-refractivity contribution >= 4 is 29.6 Å². The van der Waals surface area contributed by atoms with Crippen LogP contribution in [0, 0.1) is 0 Å². The van der Waals surface area contributed by atoms with Gasteiger partial charge in [0.2, 0.25) is 5.91 Å². The van der Waals surface area contributed by atoms with Gasteiger partial charge in [-0.1, -0.05) is 30.9 Å². The van der Waals surface area contributed by atoms with Crippen molar-refractivity contribution in [3.63, 3.8) is 0 Å². The van der Waals surface area contributed by atoms with Crippen molar-refractivity contribution in [3.05, 3.63) is 66.0 Å². The highest BCUT2D eigenvalue weighted by Crippen LogP contribution is 2.24. The van der Waals surface area contributed by atoms with Crippen LogP contribution in [0.5, 0.6) is 0 Å². The van der Waals surface area contributed by atoms with E-state index in [1.807, 2.05) is 49.4 Å². The average Bonchev–Trinajstić information content (AvgIpc) is 2.49. The Hall–Kier alpha value is -2.88. The second kappa shape index (κ2) is 7.22. The minimum Gasteiger partial charge on any atom is -0.340 e. The Kier molecular flexibility index (Phi) is 5.09. The summed E-state index contributed by atoms with van der Waals surface area (Å²) in [7, 11) is 0. The number of allylic oxidation sites excluding steroid dienone is 1. The Bertz CT molecular complexity index is 706. The Labute approximate surface area is 130 Å². The van der Waals surface area contributed by atoms with Crippen LogP contribution in [-0.4, -0.2) is 10.9 Å². The normalized spacial score (nSPS) is 10.9. The van der Waals surface area contributed by atoms with E-state index in [1.165, 1.54) is 6.92 Å². The van der Waals surface area contributed by atoms with Crippen LogP contribution in [0.2, 0.25) is 0 Å². The van der Waals surface area contributed by atoms with Crippen molar-refractivity contribution in [3.8, 4) is 0 Å². The number of anilines is 2. The van der Waals surface area contributed by atoms with Gasteiger partial charge in [-0.25, -0.2) is 4.98 Å². The molecule has 2 N–H and O–H groups in total. The molecule has 0 aliphatic heterocycles. The summed E-state index contributed by atoms with van der Waals surface area (Å²) >= 11 is 0. The quantitative estimate of drug-likeness (QED) is 0.877. The Morgan fingerprint density at radius 3 is 2.55 bits per heavy atom. The first-order valence-electron chi connectivity index (χ1n) is 6.99. The second-order valence-electron chi connectivity index (χ2n) is 4.87. The van der Waals surface area contributed by atoms with Crippen molar-refractivity contribution in [2.45, 2.75) is 13.8 Å². The number of para-hydroxylation sites is 1. The van der Waals surface area contributed by atoms with Gasteiger partial charge in [0, 0.05) is 30.1 Å². The largest absolute Gasteiger partial charge is 0.340 e. The van der Waals surface area contributed by atoms with Crippen LogP contribution in [0.1, 0.15) is 25.0 Å². The molecule has 0 unspecified atom stereocenters. The van der Waals surface area contributed by atoms with Gasteiger partial charge in [0.15, 0.2) is 0 Å². The van der Waals surface area contributed by atoms with Gasteiger partial charge in [-0.05, 0) is 36.8 Å². The molecule has 1 aromatic heterocycles. The molecule has 0 aliphatic rings. The van der Waals surface area contributed by atoms with Gasteiger partial charge >= 0.3 is 0 Å². The molecule has 22 heavy (non-hydrogen) atoms. The molecule has 1 amide bonds. The van der Waals surface area contributed by atoms with Crippen molar-refractivity contribution < 1.29 is 4.79 Å². The van der Waals surface area contributed by atoms with Gasteiger partial charge in [-0.3, -0.25) is 4.79 Å². The SMILES string of the molecule is C=Cc1ccnc(Nc2ccccc2)c1/C=C(\C)NC(C)=O. The maximum Gasteiger partial charge on any atom is 0.220 e. The molecule has 0 atom stereocenters.